The molecule has 1 heterocycles. The van der Waals surface area contributed by atoms with Crippen LogP contribution in [0.4, 0.5) is 0 Å². The summed E-state index contributed by atoms with van der Waals surface area (Å²) in [6.07, 6.45) is 4.70. The Kier molecular flexibility index (Phi) is 1.57. The number of hydrogen-bond donors (Lipinski definition) is 0. The Bertz CT molecular complexity index is 299. The van der Waals surface area contributed by atoms with Gasteiger partial charge in [-0.1, -0.05) is 0 Å². The van der Waals surface area contributed by atoms with Gasteiger partial charge in [0.1, 0.15) is 0 Å². The molecule has 0 amide bonds. The van der Waals surface area contributed by atoms with Gasteiger partial charge >= 0.3 is 0 Å². The van der Waals surface area contributed by atoms with E-state index in [2.05, 4.69) is 0 Å². The Morgan fingerprint density at radius 3 is 2.92 bits per heavy atom. The molecule has 3 nitrogen and oxygen atoms in total. The predicted octanol–water partition coefficient (Wildman–Crippen LogP) is 0.615. The van der Waals surface area contributed by atoms with Gasteiger partial charge in [0.2, 0.25) is 0 Å². The van der Waals surface area contributed by atoms with E-state index >= 15 is 0 Å². The average Bonchev–Trinajstić information content (AvgIpc) is 2.12. The van der Waals surface area contributed by atoms with Gasteiger partial charge in [0, 0.05) is 5.57 Å². The normalized spacial score (nSPS) is 27.7. The minimum absolute atomic E-state index is 0.0177. The summed E-state index contributed by atoms with van der Waals surface area (Å²) < 4.78 is 4.99. The maximum Gasteiger partial charge on any atom is 0.185 e. The summed E-state index contributed by atoms with van der Waals surface area (Å²) in [4.78, 5) is 22.4. The van der Waals surface area contributed by atoms with Crippen molar-refractivity contribution in [2.75, 3.05) is 6.61 Å². The molecule has 0 N–H and O–H groups in total. The Balaban J connectivity index is 2.41. The van der Waals surface area contributed by atoms with Crippen LogP contribution in [-0.2, 0) is 14.3 Å². The maximum atomic E-state index is 11.2. The van der Waals surface area contributed by atoms with Crippen molar-refractivity contribution in [1.29, 1.82) is 0 Å². The second kappa shape index (κ2) is 2.59. The minimum atomic E-state index is -0.240. The van der Waals surface area contributed by atoms with E-state index in [-0.39, 0.29) is 17.5 Å². The fraction of sp³-hybridized carbons (Fsp3) is 0.333. The molecular formula is C9H8O3. The topological polar surface area (TPSA) is 43.4 Å². The number of fused-ring (bicyclic) bond motifs is 1. The molecule has 0 radical (unpaired) electrons. The van der Waals surface area contributed by atoms with Crippen LogP contribution in [0.1, 0.15) is 6.42 Å². The lowest BCUT2D eigenvalue weighted by molar-refractivity contribution is -0.122. The van der Waals surface area contributed by atoms with Crippen molar-refractivity contribution < 1.29 is 14.3 Å². The molecule has 0 saturated heterocycles. The Morgan fingerprint density at radius 1 is 1.33 bits per heavy atom. The van der Waals surface area contributed by atoms with E-state index in [0.29, 0.717) is 18.6 Å². The number of carbonyl (C=O) groups excluding carboxylic acids is 2. The van der Waals surface area contributed by atoms with Gasteiger partial charge in [-0.25, -0.2) is 0 Å². The molecule has 2 rings (SSSR count). The molecule has 0 aromatic rings. The van der Waals surface area contributed by atoms with Crippen LogP contribution in [0.5, 0.6) is 0 Å². The van der Waals surface area contributed by atoms with Crippen LogP contribution in [0, 0.1) is 5.92 Å². The Morgan fingerprint density at radius 2 is 2.17 bits per heavy atom. The highest BCUT2D eigenvalue weighted by Gasteiger charge is 2.30. The molecule has 0 fully saturated rings. The van der Waals surface area contributed by atoms with Crippen molar-refractivity contribution >= 4 is 11.6 Å². The van der Waals surface area contributed by atoms with E-state index in [1.54, 1.807) is 0 Å². The first-order valence-electron chi connectivity index (χ1n) is 3.87. The summed E-state index contributed by atoms with van der Waals surface area (Å²) in [6, 6.07) is 0. The molecule has 1 unspecified atom stereocenters. The van der Waals surface area contributed by atoms with E-state index in [4.69, 9.17) is 4.74 Å². The first kappa shape index (κ1) is 7.28. The van der Waals surface area contributed by atoms with Crippen molar-refractivity contribution in [3.8, 4) is 0 Å². The Labute approximate surface area is 69.7 Å². The molecule has 12 heavy (non-hydrogen) atoms. The van der Waals surface area contributed by atoms with Crippen molar-refractivity contribution in [2.24, 2.45) is 5.92 Å². The molecule has 1 atom stereocenters. The molecular weight excluding hydrogens is 156 g/mol. The third-order valence-electron chi connectivity index (χ3n) is 2.14. The van der Waals surface area contributed by atoms with Crippen molar-refractivity contribution in [3.05, 3.63) is 24.0 Å². The first-order chi connectivity index (χ1) is 5.79. The molecule has 1 aliphatic heterocycles. The van der Waals surface area contributed by atoms with Crippen LogP contribution in [0.2, 0.25) is 0 Å². The quantitative estimate of drug-likeness (QED) is 0.527. The number of ketones is 2. The second-order valence-electron chi connectivity index (χ2n) is 2.89. The first-order valence-corrected chi connectivity index (χ1v) is 3.87. The zero-order valence-corrected chi connectivity index (χ0v) is 6.45. The van der Waals surface area contributed by atoms with Crippen LogP contribution in [0.25, 0.3) is 0 Å². The monoisotopic (exact) mass is 164 g/mol. The van der Waals surface area contributed by atoms with Gasteiger partial charge in [0.25, 0.3) is 0 Å². The van der Waals surface area contributed by atoms with Crippen LogP contribution < -0.4 is 0 Å². The largest absolute Gasteiger partial charge is 0.501 e. The van der Waals surface area contributed by atoms with Gasteiger partial charge in [0.15, 0.2) is 11.6 Å². The van der Waals surface area contributed by atoms with E-state index in [9.17, 15) is 9.59 Å². The second-order valence-corrected chi connectivity index (χ2v) is 2.89. The molecule has 0 aromatic heterocycles. The fourth-order valence-electron chi connectivity index (χ4n) is 1.47. The van der Waals surface area contributed by atoms with E-state index in [1.807, 2.05) is 0 Å². The smallest absolute Gasteiger partial charge is 0.185 e. The van der Waals surface area contributed by atoms with Gasteiger partial charge < -0.3 is 4.74 Å². The summed E-state index contributed by atoms with van der Waals surface area (Å²) in [5, 5.41) is 0. The maximum absolute atomic E-state index is 11.2. The van der Waals surface area contributed by atoms with Gasteiger partial charge in [-0.05, 0) is 18.6 Å². The zero-order valence-electron chi connectivity index (χ0n) is 6.45. The number of hydrogen-bond acceptors (Lipinski definition) is 3. The molecule has 62 valence electrons. The van der Waals surface area contributed by atoms with Crippen molar-refractivity contribution in [1.82, 2.24) is 0 Å². The molecule has 2 aliphatic rings. The molecule has 3 heteroatoms. The summed E-state index contributed by atoms with van der Waals surface area (Å²) in [6.45, 7) is 0.529. The number of rotatable bonds is 0. The molecule has 0 saturated carbocycles. The molecule has 0 bridgehead atoms. The summed E-state index contributed by atoms with van der Waals surface area (Å²) in [5.74, 6) is -0.320. The van der Waals surface area contributed by atoms with E-state index in [1.165, 1.54) is 18.4 Å². The van der Waals surface area contributed by atoms with Crippen LogP contribution in [-0.4, -0.2) is 18.2 Å². The standard InChI is InChI=1S/C9H8O3/c10-8-1-2-9(11)7-5-12-4-3-6(7)8/h1-2,5-6H,3-4H2. The summed E-state index contributed by atoms with van der Waals surface area (Å²) >= 11 is 0. The summed E-state index contributed by atoms with van der Waals surface area (Å²) in [7, 11) is 0. The fourth-order valence-corrected chi connectivity index (χ4v) is 1.47. The highest BCUT2D eigenvalue weighted by atomic mass is 16.5. The highest BCUT2D eigenvalue weighted by molar-refractivity contribution is 6.16. The number of carbonyl (C=O) groups is 2. The lowest BCUT2D eigenvalue weighted by Crippen LogP contribution is -2.27. The molecule has 0 spiro atoms. The zero-order chi connectivity index (χ0) is 8.55. The number of ether oxygens (including phenoxy) is 1. The van der Waals surface area contributed by atoms with Crippen LogP contribution in [0.3, 0.4) is 0 Å². The average molecular weight is 164 g/mol. The molecule has 0 aromatic carbocycles. The predicted molar refractivity (Wildman–Crippen MR) is 41.3 cm³/mol. The lowest BCUT2D eigenvalue weighted by Gasteiger charge is -2.22. The molecule has 1 aliphatic carbocycles. The van der Waals surface area contributed by atoms with E-state index < -0.39 is 0 Å². The number of allylic oxidation sites excluding steroid dienone is 3. The van der Waals surface area contributed by atoms with Gasteiger partial charge in [-0.15, -0.1) is 0 Å². The van der Waals surface area contributed by atoms with E-state index in [0.717, 1.165) is 0 Å². The van der Waals surface area contributed by atoms with Gasteiger partial charge in [-0.2, -0.15) is 0 Å². The lowest BCUT2D eigenvalue weighted by atomic mass is 9.84. The summed E-state index contributed by atoms with van der Waals surface area (Å²) in [5.41, 5.74) is 0.508. The van der Waals surface area contributed by atoms with Crippen molar-refractivity contribution in [2.45, 2.75) is 6.42 Å². The highest BCUT2D eigenvalue weighted by Crippen LogP contribution is 2.25. The van der Waals surface area contributed by atoms with Gasteiger partial charge in [-0.3, -0.25) is 9.59 Å². The van der Waals surface area contributed by atoms with Crippen molar-refractivity contribution in [3.63, 3.8) is 0 Å². The third-order valence-corrected chi connectivity index (χ3v) is 2.14. The Hall–Kier alpha value is -1.38. The minimum Gasteiger partial charge on any atom is -0.501 e. The SMILES string of the molecule is O=C1C=CC(=O)C2CCOC=C12. The van der Waals surface area contributed by atoms with Gasteiger partial charge in [0.05, 0.1) is 18.8 Å². The van der Waals surface area contributed by atoms with Crippen LogP contribution >= 0.6 is 0 Å². The third kappa shape index (κ3) is 0.978. The van der Waals surface area contributed by atoms with Crippen LogP contribution in [0.15, 0.2) is 24.0 Å².